The molecule has 7 nitrogen and oxygen atoms in total. The van der Waals surface area contributed by atoms with Crippen molar-refractivity contribution in [1.29, 1.82) is 0 Å². The van der Waals surface area contributed by atoms with Gasteiger partial charge in [-0.3, -0.25) is 4.79 Å². The highest BCUT2D eigenvalue weighted by Gasteiger charge is 2.30. The topological polar surface area (TPSA) is 84.3 Å². The Kier molecular flexibility index (Phi) is 6.46. The van der Waals surface area contributed by atoms with Gasteiger partial charge in [0.2, 0.25) is 10.0 Å². The van der Waals surface area contributed by atoms with Crippen LogP contribution in [0.1, 0.15) is 15.9 Å². The molecule has 0 aliphatic rings. The van der Waals surface area contributed by atoms with Crippen molar-refractivity contribution in [2.75, 3.05) is 13.6 Å². The summed E-state index contributed by atoms with van der Waals surface area (Å²) in [5.74, 6) is -0.486. The van der Waals surface area contributed by atoms with Crippen molar-refractivity contribution >= 4 is 15.9 Å². The number of carbonyl (C=O) groups is 1. The second kappa shape index (κ2) is 8.90. The lowest BCUT2D eigenvalue weighted by Gasteiger charge is -2.17. The van der Waals surface area contributed by atoms with Gasteiger partial charge in [0.05, 0.1) is 16.8 Å². The van der Waals surface area contributed by atoms with Gasteiger partial charge < -0.3 is 4.90 Å². The van der Waals surface area contributed by atoms with E-state index in [-0.39, 0.29) is 12.1 Å². The van der Waals surface area contributed by atoms with Crippen LogP contribution in [0.3, 0.4) is 0 Å². The fraction of sp³-hybridized carbons (Fsp3) is 0.200. The predicted octanol–water partition coefficient (Wildman–Crippen LogP) is 2.99. The molecule has 1 N–H and O–H groups in total. The smallest absolute Gasteiger partial charge is 0.337 e. The molecule has 0 aliphatic heterocycles. The largest absolute Gasteiger partial charge is 0.402 e. The molecule has 164 valence electrons. The van der Waals surface area contributed by atoms with E-state index in [2.05, 4.69) is 5.10 Å². The summed E-state index contributed by atoms with van der Waals surface area (Å²) in [6, 6.07) is 14.3. The Hall–Kier alpha value is -3.18. The zero-order valence-corrected chi connectivity index (χ0v) is 17.2. The minimum atomic E-state index is -4.69. The summed E-state index contributed by atoms with van der Waals surface area (Å²) in [6.07, 6.45) is -1.31. The van der Waals surface area contributed by atoms with Crippen LogP contribution < -0.4 is 4.72 Å². The van der Waals surface area contributed by atoms with Gasteiger partial charge in [0.25, 0.3) is 5.91 Å². The molecule has 0 spiro atoms. The highest BCUT2D eigenvalue weighted by molar-refractivity contribution is 7.89. The molecular weight excluding hydrogens is 433 g/mol. The van der Waals surface area contributed by atoms with Crippen LogP contribution in [0.15, 0.2) is 71.9 Å². The Bertz CT molecular complexity index is 1160. The molecule has 2 aromatic carbocycles. The Balaban J connectivity index is 1.71. The number of aromatic nitrogens is 2. The van der Waals surface area contributed by atoms with E-state index >= 15 is 0 Å². The number of benzene rings is 2. The Morgan fingerprint density at radius 2 is 1.84 bits per heavy atom. The molecule has 0 bridgehead atoms. The van der Waals surface area contributed by atoms with Crippen LogP contribution in [-0.2, 0) is 16.6 Å². The summed E-state index contributed by atoms with van der Waals surface area (Å²) in [5, 5.41) is 4.26. The summed E-state index contributed by atoms with van der Waals surface area (Å²) in [6.45, 7) is -1.49. The summed E-state index contributed by atoms with van der Waals surface area (Å²) < 4.78 is 64.4. The molecule has 31 heavy (non-hydrogen) atoms. The minimum absolute atomic E-state index is 0.0350. The lowest BCUT2D eigenvalue weighted by atomic mass is 10.2. The Morgan fingerprint density at radius 1 is 1.13 bits per heavy atom. The SMILES string of the molecule is CN(Cc1cnn(-c2ccccc2)c1)C(=O)c1cccc(S(=O)(=O)NCC(F)(F)F)c1. The highest BCUT2D eigenvalue weighted by Crippen LogP contribution is 2.17. The molecule has 3 aromatic rings. The first kappa shape index (κ1) is 22.5. The first-order chi connectivity index (χ1) is 14.5. The maximum Gasteiger partial charge on any atom is 0.402 e. The van der Waals surface area contributed by atoms with Crippen LogP contribution >= 0.6 is 0 Å². The van der Waals surface area contributed by atoms with Gasteiger partial charge in [-0.15, -0.1) is 0 Å². The lowest BCUT2D eigenvalue weighted by Crippen LogP contribution is -2.34. The number of amides is 1. The molecule has 1 heterocycles. The van der Waals surface area contributed by atoms with E-state index in [1.165, 1.54) is 28.8 Å². The number of alkyl halides is 3. The van der Waals surface area contributed by atoms with Crippen LogP contribution in [0.5, 0.6) is 0 Å². The zero-order chi connectivity index (χ0) is 22.6. The number of nitrogens with zero attached hydrogens (tertiary/aromatic N) is 3. The minimum Gasteiger partial charge on any atom is -0.337 e. The third-order valence-corrected chi connectivity index (χ3v) is 5.68. The monoisotopic (exact) mass is 452 g/mol. The maximum atomic E-state index is 12.7. The summed E-state index contributed by atoms with van der Waals surface area (Å²) in [7, 11) is -2.88. The van der Waals surface area contributed by atoms with E-state index in [4.69, 9.17) is 0 Å². The normalized spacial score (nSPS) is 12.0. The van der Waals surface area contributed by atoms with E-state index in [1.807, 2.05) is 30.3 Å². The molecule has 1 amide bonds. The summed E-state index contributed by atoms with van der Waals surface area (Å²) in [4.78, 5) is 13.7. The standard InChI is InChI=1S/C20H19F3N4O3S/c1-26(12-15-11-24-27(13-15)17-7-3-2-4-8-17)19(28)16-6-5-9-18(10-16)31(29,30)25-14-20(21,22)23/h2-11,13,25H,12,14H2,1H3. The van der Waals surface area contributed by atoms with Crippen LogP contribution in [-0.4, -0.2) is 48.8 Å². The third-order valence-electron chi connectivity index (χ3n) is 4.28. The van der Waals surface area contributed by atoms with E-state index in [0.29, 0.717) is 0 Å². The summed E-state index contributed by atoms with van der Waals surface area (Å²) in [5.41, 5.74) is 1.63. The zero-order valence-electron chi connectivity index (χ0n) is 16.4. The quantitative estimate of drug-likeness (QED) is 0.597. The Labute approximate surface area is 177 Å². The van der Waals surface area contributed by atoms with Gasteiger partial charge in [-0.2, -0.15) is 18.3 Å². The average molecular weight is 452 g/mol. The maximum absolute atomic E-state index is 12.7. The van der Waals surface area contributed by atoms with Crippen molar-refractivity contribution in [2.45, 2.75) is 17.6 Å². The molecule has 11 heteroatoms. The predicted molar refractivity (Wildman–Crippen MR) is 107 cm³/mol. The van der Waals surface area contributed by atoms with Gasteiger partial charge in [0.15, 0.2) is 0 Å². The molecule has 3 rings (SSSR count). The second-order valence-corrected chi connectivity index (χ2v) is 8.52. The number of carbonyl (C=O) groups excluding carboxylic acids is 1. The molecule has 0 atom stereocenters. The van der Waals surface area contributed by atoms with Crippen LogP contribution in [0.2, 0.25) is 0 Å². The van der Waals surface area contributed by atoms with Crippen molar-refractivity contribution in [3.05, 3.63) is 78.1 Å². The van der Waals surface area contributed by atoms with Gasteiger partial charge >= 0.3 is 6.18 Å². The number of halogens is 3. The lowest BCUT2D eigenvalue weighted by molar-refractivity contribution is -0.121. The van der Waals surface area contributed by atoms with E-state index in [9.17, 15) is 26.4 Å². The van der Waals surface area contributed by atoms with Crippen molar-refractivity contribution in [2.24, 2.45) is 0 Å². The number of sulfonamides is 1. The third kappa shape index (κ3) is 5.92. The van der Waals surface area contributed by atoms with Crippen LogP contribution in [0.4, 0.5) is 13.2 Å². The molecule has 0 aliphatic carbocycles. The van der Waals surface area contributed by atoms with Crippen molar-refractivity contribution < 1.29 is 26.4 Å². The molecule has 0 unspecified atom stereocenters. The van der Waals surface area contributed by atoms with Gasteiger partial charge in [0.1, 0.15) is 6.54 Å². The highest BCUT2D eigenvalue weighted by atomic mass is 32.2. The fourth-order valence-corrected chi connectivity index (χ4v) is 3.85. The molecule has 0 radical (unpaired) electrons. The average Bonchev–Trinajstić information content (AvgIpc) is 3.20. The molecular formula is C20H19F3N4O3S. The van der Waals surface area contributed by atoms with E-state index in [0.717, 1.165) is 23.4 Å². The van der Waals surface area contributed by atoms with Crippen molar-refractivity contribution in [3.63, 3.8) is 0 Å². The number of para-hydroxylation sites is 1. The van der Waals surface area contributed by atoms with Gasteiger partial charge in [-0.05, 0) is 30.3 Å². The second-order valence-electron chi connectivity index (χ2n) is 6.76. The first-order valence-electron chi connectivity index (χ1n) is 9.06. The van der Waals surface area contributed by atoms with E-state index in [1.54, 1.807) is 17.1 Å². The van der Waals surface area contributed by atoms with Gasteiger partial charge in [0, 0.05) is 30.9 Å². The molecule has 1 aromatic heterocycles. The van der Waals surface area contributed by atoms with Gasteiger partial charge in [-0.1, -0.05) is 24.3 Å². The Morgan fingerprint density at radius 3 is 2.52 bits per heavy atom. The molecule has 0 saturated carbocycles. The summed E-state index contributed by atoms with van der Waals surface area (Å²) >= 11 is 0. The van der Waals surface area contributed by atoms with Gasteiger partial charge in [-0.25, -0.2) is 17.8 Å². The number of hydrogen-bond acceptors (Lipinski definition) is 4. The number of nitrogens with one attached hydrogen (secondary N) is 1. The van der Waals surface area contributed by atoms with Crippen molar-refractivity contribution in [3.8, 4) is 5.69 Å². The number of rotatable bonds is 7. The molecule has 0 saturated heterocycles. The number of hydrogen-bond donors (Lipinski definition) is 1. The molecule has 0 fully saturated rings. The fourth-order valence-electron chi connectivity index (χ4n) is 2.79. The van der Waals surface area contributed by atoms with Crippen molar-refractivity contribution in [1.82, 2.24) is 19.4 Å². The van der Waals surface area contributed by atoms with Crippen LogP contribution in [0, 0.1) is 0 Å². The van der Waals surface area contributed by atoms with E-state index < -0.39 is 33.5 Å². The first-order valence-corrected chi connectivity index (χ1v) is 10.5. The van der Waals surface area contributed by atoms with Crippen LogP contribution in [0.25, 0.3) is 5.69 Å².